The molecule has 0 fully saturated rings. The molecule has 0 atom stereocenters. The van der Waals surface area contributed by atoms with Crippen LogP contribution >= 0.6 is 11.6 Å². The van der Waals surface area contributed by atoms with Gasteiger partial charge < -0.3 is 4.57 Å². The number of pyridine rings is 1. The first kappa shape index (κ1) is 24.9. The maximum Gasteiger partial charge on any atom is 0.283 e. The van der Waals surface area contributed by atoms with E-state index in [4.69, 9.17) is 11.6 Å². The number of amides is 1. The number of aryl methyl sites for hydroxylation is 2. The number of nitrogens with one attached hydrogen (secondary N) is 1. The van der Waals surface area contributed by atoms with Crippen LogP contribution in [0.15, 0.2) is 65.6 Å². The summed E-state index contributed by atoms with van der Waals surface area (Å²) in [7, 11) is -4.01. The third-order valence-electron chi connectivity index (χ3n) is 5.81. The number of imidazole rings is 1. The van der Waals surface area contributed by atoms with E-state index in [0.717, 1.165) is 18.4 Å². The predicted molar refractivity (Wildman–Crippen MR) is 137 cm³/mol. The second kappa shape index (κ2) is 10.6. The number of halogens is 1. The van der Waals surface area contributed by atoms with Crippen LogP contribution in [0.2, 0.25) is 5.02 Å². The van der Waals surface area contributed by atoms with Gasteiger partial charge in [-0.15, -0.1) is 0 Å². The number of nitrogens with zero attached hydrogens (tertiary/aromatic N) is 3. The SMILES string of the molecule is CCCCCc1ccc(Cn2c(C)nc3ccc(C(=O)NS(=O)(=O)c4ccccc4)nc32)c(Cl)c1. The van der Waals surface area contributed by atoms with Gasteiger partial charge in [-0.1, -0.05) is 61.7 Å². The Morgan fingerprint density at radius 1 is 1.03 bits per heavy atom. The van der Waals surface area contributed by atoms with Crippen LogP contribution < -0.4 is 4.72 Å². The summed E-state index contributed by atoms with van der Waals surface area (Å²) in [6.07, 6.45) is 4.48. The molecule has 182 valence electrons. The predicted octanol–water partition coefficient (Wildman–Crippen LogP) is 5.29. The summed E-state index contributed by atoms with van der Waals surface area (Å²) in [5.74, 6) is -0.0966. The van der Waals surface area contributed by atoms with Crippen molar-refractivity contribution < 1.29 is 13.2 Å². The first-order valence-corrected chi connectivity index (χ1v) is 13.4. The van der Waals surface area contributed by atoms with E-state index in [9.17, 15) is 13.2 Å². The highest BCUT2D eigenvalue weighted by molar-refractivity contribution is 7.90. The maximum absolute atomic E-state index is 12.7. The van der Waals surface area contributed by atoms with Crippen molar-refractivity contribution in [3.63, 3.8) is 0 Å². The minimum atomic E-state index is -4.01. The summed E-state index contributed by atoms with van der Waals surface area (Å²) in [6.45, 7) is 4.46. The van der Waals surface area contributed by atoms with Crippen molar-refractivity contribution in [1.82, 2.24) is 19.3 Å². The number of carbonyl (C=O) groups is 1. The lowest BCUT2D eigenvalue weighted by Crippen LogP contribution is -2.31. The van der Waals surface area contributed by atoms with E-state index in [1.54, 1.807) is 24.3 Å². The van der Waals surface area contributed by atoms with Gasteiger partial charge in [-0.25, -0.2) is 23.1 Å². The van der Waals surface area contributed by atoms with Gasteiger partial charge in [-0.2, -0.15) is 0 Å². The Kier molecular flexibility index (Phi) is 7.52. The van der Waals surface area contributed by atoms with E-state index in [1.807, 2.05) is 23.6 Å². The molecule has 0 unspecified atom stereocenters. The minimum absolute atomic E-state index is 0.00287. The molecule has 7 nitrogen and oxygen atoms in total. The molecule has 0 bridgehead atoms. The number of unbranched alkanes of at least 4 members (excludes halogenated alkanes) is 2. The molecule has 4 rings (SSSR count). The Hall–Kier alpha value is -3.23. The number of aromatic nitrogens is 3. The zero-order valence-electron chi connectivity index (χ0n) is 19.7. The van der Waals surface area contributed by atoms with E-state index in [1.165, 1.54) is 36.6 Å². The Bertz CT molecular complexity index is 1470. The van der Waals surface area contributed by atoms with Crippen molar-refractivity contribution in [3.8, 4) is 0 Å². The summed E-state index contributed by atoms with van der Waals surface area (Å²) in [6, 6.07) is 17.0. The quantitative estimate of drug-likeness (QED) is 0.309. The van der Waals surface area contributed by atoms with Gasteiger partial charge in [0.05, 0.1) is 11.4 Å². The van der Waals surface area contributed by atoms with Crippen LogP contribution in [0.4, 0.5) is 0 Å². The van der Waals surface area contributed by atoms with Crippen molar-refractivity contribution in [1.29, 1.82) is 0 Å². The fourth-order valence-corrected chi connectivity index (χ4v) is 5.13. The molecule has 35 heavy (non-hydrogen) atoms. The highest BCUT2D eigenvalue weighted by Gasteiger charge is 2.21. The molecular weight excluding hydrogens is 484 g/mol. The highest BCUT2D eigenvalue weighted by Crippen LogP contribution is 2.23. The van der Waals surface area contributed by atoms with Crippen LogP contribution in [0.5, 0.6) is 0 Å². The van der Waals surface area contributed by atoms with Crippen LogP contribution in [-0.2, 0) is 23.0 Å². The van der Waals surface area contributed by atoms with Gasteiger partial charge in [0.15, 0.2) is 5.65 Å². The molecule has 0 radical (unpaired) electrons. The summed E-state index contributed by atoms with van der Waals surface area (Å²) in [5.41, 5.74) is 3.19. The summed E-state index contributed by atoms with van der Waals surface area (Å²) >= 11 is 6.59. The summed E-state index contributed by atoms with van der Waals surface area (Å²) < 4.78 is 29.1. The van der Waals surface area contributed by atoms with E-state index in [2.05, 4.69) is 27.7 Å². The number of rotatable bonds is 9. The lowest BCUT2D eigenvalue weighted by Gasteiger charge is -2.11. The van der Waals surface area contributed by atoms with Crippen molar-refractivity contribution in [2.75, 3.05) is 0 Å². The van der Waals surface area contributed by atoms with E-state index in [-0.39, 0.29) is 10.6 Å². The van der Waals surface area contributed by atoms with Crippen molar-refractivity contribution in [2.24, 2.45) is 0 Å². The van der Waals surface area contributed by atoms with Crippen LogP contribution in [0.3, 0.4) is 0 Å². The smallest absolute Gasteiger partial charge is 0.283 e. The van der Waals surface area contributed by atoms with Crippen LogP contribution in [-0.4, -0.2) is 28.9 Å². The van der Waals surface area contributed by atoms with Crippen LogP contribution in [0, 0.1) is 6.92 Å². The molecule has 2 aromatic carbocycles. The lowest BCUT2D eigenvalue weighted by atomic mass is 10.1. The topological polar surface area (TPSA) is 94.0 Å². The number of hydrogen-bond acceptors (Lipinski definition) is 5. The summed E-state index contributed by atoms with van der Waals surface area (Å²) in [4.78, 5) is 21.7. The molecule has 0 aliphatic heterocycles. The molecule has 2 aromatic heterocycles. The van der Waals surface area contributed by atoms with E-state index >= 15 is 0 Å². The maximum atomic E-state index is 12.7. The van der Waals surface area contributed by atoms with Crippen LogP contribution in [0.1, 0.15) is 53.6 Å². The van der Waals surface area contributed by atoms with Crippen molar-refractivity contribution in [2.45, 2.75) is 51.0 Å². The Balaban J connectivity index is 1.59. The molecule has 0 saturated heterocycles. The first-order valence-electron chi connectivity index (χ1n) is 11.5. The molecule has 2 heterocycles. The Morgan fingerprint density at radius 3 is 2.51 bits per heavy atom. The summed E-state index contributed by atoms with van der Waals surface area (Å²) in [5, 5.41) is 0.670. The van der Waals surface area contributed by atoms with Gasteiger partial charge in [0.2, 0.25) is 0 Å². The lowest BCUT2D eigenvalue weighted by molar-refractivity contribution is 0.0977. The fraction of sp³-hybridized carbons (Fsp3) is 0.269. The third-order valence-corrected chi connectivity index (χ3v) is 7.51. The zero-order valence-corrected chi connectivity index (χ0v) is 21.2. The van der Waals surface area contributed by atoms with Gasteiger partial charge in [0.1, 0.15) is 17.0 Å². The Morgan fingerprint density at radius 2 is 1.80 bits per heavy atom. The average Bonchev–Trinajstić information content (AvgIpc) is 3.15. The number of hydrogen-bond donors (Lipinski definition) is 1. The number of benzene rings is 2. The fourth-order valence-electron chi connectivity index (χ4n) is 3.89. The molecule has 0 saturated carbocycles. The van der Waals surface area contributed by atoms with Gasteiger partial charge >= 0.3 is 0 Å². The zero-order chi connectivity index (χ0) is 25.0. The molecule has 4 aromatic rings. The monoisotopic (exact) mass is 510 g/mol. The second-order valence-corrected chi connectivity index (χ2v) is 10.5. The normalized spacial score (nSPS) is 11.6. The third kappa shape index (κ3) is 5.71. The van der Waals surface area contributed by atoms with Gasteiger partial charge in [0, 0.05) is 5.02 Å². The van der Waals surface area contributed by atoms with Crippen molar-refractivity contribution >= 4 is 38.7 Å². The van der Waals surface area contributed by atoms with E-state index < -0.39 is 15.9 Å². The molecule has 0 spiro atoms. The van der Waals surface area contributed by atoms with Gasteiger partial charge in [0.25, 0.3) is 15.9 Å². The Labute approximate surface area is 210 Å². The molecule has 1 N–H and O–H groups in total. The average molecular weight is 511 g/mol. The number of carbonyl (C=O) groups excluding carboxylic acids is 1. The van der Waals surface area contributed by atoms with Gasteiger partial charge in [-0.05, 0) is 61.2 Å². The first-order chi connectivity index (χ1) is 16.8. The second-order valence-electron chi connectivity index (χ2n) is 8.41. The molecule has 0 aliphatic rings. The standard InChI is InChI=1S/C26H27ClN4O3S/c1-3-4-6-9-19-12-13-20(22(27)16-19)17-31-18(2)28-23-14-15-24(29-25(23)31)26(32)30-35(33,34)21-10-7-5-8-11-21/h5,7-8,10-16H,3-4,6,9,17H2,1-2H3,(H,30,32). The molecular formula is C26H27ClN4O3S. The molecule has 9 heteroatoms. The van der Waals surface area contributed by atoms with Gasteiger partial charge in [-0.3, -0.25) is 4.79 Å². The van der Waals surface area contributed by atoms with E-state index in [0.29, 0.717) is 28.6 Å². The molecule has 0 aliphatic carbocycles. The largest absolute Gasteiger partial charge is 0.308 e. The molecule has 1 amide bonds. The number of fused-ring (bicyclic) bond motifs is 1. The number of sulfonamides is 1. The highest BCUT2D eigenvalue weighted by atomic mass is 35.5. The van der Waals surface area contributed by atoms with Crippen molar-refractivity contribution in [3.05, 3.63) is 88.3 Å². The minimum Gasteiger partial charge on any atom is -0.308 e. The van der Waals surface area contributed by atoms with Crippen LogP contribution in [0.25, 0.3) is 11.2 Å².